The molecule has 4 nitrogen and oxygen atoms in total. The van der Waals surface area contributed by atoms with Crippen molar-refractivity contribution in [2.24, 2.45) is 0 Å². The van der Waals surface area contributed by atoms with Gasteiger partial charge in [0.1, 0.15) is 13.1 Å². The Morgan fingerprint density at radius 1 is 0.514 bits per heavy atom. The predicted octanol–water partition coefficient (Wildman–Crippen LogP) is 5.98. The van der Waals surface area contributed by atoms with E-state index in [9.17, 15) is 0 Å². The molecule has 174 valence electrons. The third-order valence-electron chi connectivity index (χ3n) is 7.10. The zero-order valence-corrected chi connectivity index (χ0v) is 20.1. The Morgan fingerprint density at radius 3 is 1.57 bits per heavy atom. The number of benzene rings is 3. The largest absolute Gasteiger partial charge is 0.380 e. The molecule has 0 spiro atoms. The van der Waals surface area contributed by atoms with Gasteiger partial charge in [0, 0.05) is 50.2 Å². The standard InChI is InChI=1S/C31H30N4/c1-6-17-34-19-15-28(26-11-2-4-13-30(26)34)32-22-24-9-8-10-25(21-24)23-33-29-16-20-35(18-7-1)31-14-5-3-12-27(29)31/h2-5,8-16,19-21H,1,6-7,17-18,22-23H2/p+2. The summed E-state index contributed by atoms with van der Waals surface area (Å²) in [6.07, 6.45) is 8.03. The number of hydrogen-bond acceptors (Lipinski definition) is 2. The fourth-order valence-electron chi connectivity index (χ4n) is 5.26. The Hall–Kier alpha value is -3.92. The number of fused-ring (bicyclic) bond motifs is 8. The molecule has 0 radical (unpaired) electrons. The van der Waals surface area contributed by atoms with Gasteiger partial charge in [-0.3, -0.25) is 0 Å². The second-order valence-electron chi connectivity index (χ2n) is 9.47. The minimum Gasteiger partial charge on any atom is -0.380 e. The summed E-state index contributed by atoms with van der Waals surface area (Å²) in [4.78, 5) is 0. The van der Waals surface area contributed by atoms with Gasteiger partial charge in [0.05, 0.1) is 22.1 Å². The second kappa shape index (κ2) is 9.75. The fraction of sp³-hybridized carbons (Fsp3) is 0.226. The minimum atomic E-state index is 0.802. The molecule has 5 aromatic rings. The Balaban J connectivity index is 1.36. The van der Waals surface area contributed by atoms with Crippen LogP contribution in [-0.2, 0) is 26.2 Å². The number of anilines is 2. The Morgan fingerprint density at radius 2 is 1.03 bits per heavy atom. The molecule has 35 heavy (non-hydrogen) atoms. The third-order valence-corrected chi connectivity index (χ3v) is 7.10. The van der Waals surface area contributed by atoms with Gasteiger partial charge in [-0.25, -0.2) is 0 Å². The van der Waals surface area contributed by atoms with Crippen molar-refractivity contribution in [1.29, 1.82) is 0 Å². The number of aromatic nitrogens is 2. The van der Waals surface area contributed by atoms with E-state index < -0.39 is 0 Å². The molecule has 4 heteroatoms. The lowest BCUT2D eigenvalue weighted by Crippen LogP contribution is -2.35. The van der Waals surface area contributed by atoms with Crippen LogP contribution >= 0.6 is 0 Å². The van der Waals surface area contributed by atoms with Crippen LogP contribution < -0.4 is 19.8 Å². The summed E-state index contributed by atoms with van der Waals surface area (Å²) in [5.41, 5.74) is 7.54. The van der Waals surface area contributed by atoms with Gasteiger partial charge in [-0.15, -0.1) is 0 Å². The van der Waals surface area contributed by atoms with Crippen molar-refractivity contribution < 1.29 is 9.13 Å². The van der Waals surface area contributed by atoms with Gasteiger partial charge < -0.3 is 10.6 Å². The molecule has 4 heterocycles. The summed E-state index contributed by atoms with van der Waals surface area (Å²) in [6, 6.07) is 30.8. The highest BCUT2D eigenvalue weighted by Gasteiger charge is 2.15. The molecule has 0 atom stereocenters. The van der Waals surface area contributed by atoms with Crippen LogP contribution in [-0.4, -0.2) is 0 Å². The molecule has 2 aliphatic heterocycles. The number of para-hydroxylation sites is 2. The van der Waals surface area contributed by atoms with E-state index in [0.717, 1.165) is 26.2 Å². The maximum absolute atomic E-state index is 3.69. The lowest BCUT2D eigenvalue weighted by molar-refractivity contribution is -0.675. The molecule has 0 amide bonds. The minimum absolute atomic E-state index is 0.802. The molecular formula is C31H32N4+2. The highest BCUT2D eigenvalue weighted by Crippen LogP contribution is 2.23. The zero-order valence-electron chi connectivity index (χ0n) is 20.1. The SMILES string of the molecule is c1cc2cc(c1)CNc1cc[n+](c3ccccc13)CCCCC[n+]1ccc(c3ccccc31)NC2. The normalized spacial score (nSPS) is 14.5. The Kier molecular flexibility index (Phi) is 6.02. The smallest absolute Gasteiger partial charge is 0.214 e. The molecule has 0 saturated carbocycles. The van der Waals surface area contributed by atoms with Crippen LogP contribution in [0.3, 0.4) is 0 Å². The van der Waals surface area contributed by atoms with Crippen LogP contribution in [0.15, 0.2) is 97.3 Å². The zero-order chi connectivity index (χ0) is 23.5. The van der Waals surface area contributed by atoms with Crippen LogP contribution in [0.2, 0.25) is 0 Å². The van der Waals surface area contributed by atoms with E-state index in [1.54, 1.807) is 0 Å². The van der Waals surface area contributed by atoms with Crippen molar-refractivity contribution in [3.05, 3.63) is 108 Å². The molecule has 0 fully saturated rings. The Bertz CT molecular complexity index is 1380. The molecule has 2 aliphatic rings. The number of pyridine rings is 2. The summed E-state index contributed by atoms with van der Waals surface area (Å²) in [5.74, 6) is 0. The van der Waals surface area contributed by atoms with E-state index in [1.807, 2.05) is 0 Å². The van der Waals surface area contributed by atoms with E-state index in [1.165, 1.54) is 63.6 Å². The van der Waals surface area contributed by atoms with Crippen LogP contribution in [0.25, 0.3) is 21.8 Å². The maximum Gasteiger partial charge on any atom is 0.214 e. The van der Waals surface area contributed by atoms with E-state index in [-0.39, 0.29) is 0 Å². The number of nitrogens with zero attached hydrogens (tertiary/aromatic N) is 2. The van der Waals surface area contributed by atoms with Crippen LogP contribution in [0, 0.1) is 0 Å². The third kappa shape index (κ3) is 4.57. The van der Waals surface area contributed by atoms with Crippen molar-refractivity contribution in [2.45, 2.75) is 45.4 Å². The monoisotopic (exact) mass is 460 g/mol. The molecule has 2 N–H and O–H groups in total. The van der Waals surface area contributed by atoms with Crippen LogP contribution in [0.1, 0.15) is 30.4 Å². The quantitative estimate of drug-likeness (QED) is 0.279. The van der Waals surface area contributed by atoms with Gasteiger partial charge in [-0.2, -0.15) is 9.13 Å². The average Bonchev–Trinajstić information content (AvgIpc) is 2.91. The van der Waals surface area contributed by atoms with Gasteiger partial charge in [0.2, 0.25) is 11.0 Å². The van der Waals surface area contributed by atoms with E-state index in [4.69, 9.17) is 0 Å². The van der Waals surface area contributed by atoms with Gasteiger partial charge in [0.25, 0.3) is 0 Å². The highest BCUT2D eigenvalue weighted by molar-refractivity contribution is 5.89. The number of hydrogen-bond donors (Lipinski definition) is 2. The predicted molar refractivity (Wildman–Crippen MR) is 143 cm³/mol. The van der Waals surface area contributed by atoms with Crippen molar-refractivity contribution in [3.63, 3.8) is 0 Å². The van der Waals surface area contributed by atoms with E-state index in [2.05, 4.69) is 117 Å². The van der Waals surface area contributed by atoms with Gasteiger partial charge >= 0.3 is 0 Å². The first-order chi connectivity index (χ1) is 17.3. The van der Waals surface area contributed by atoms with Crippen LogP contribution in [0.4, 0.5) is 11.4 Å². The number of aryl methyl sites for hydroxylation is 2. The van der Waals surface area contributed by atoms with Gasteiger partial charge in [-0.1, -0.05) is 48.5 Å². The molecule has 7 rings (SSSR count). The average molecular weight is 461 g/mol. The summed E-state index contributed by atoms with van der Waals surface area (Å²) in [7, 11) is 0. The van der Waals surface area contributed by atoms with Crippen molar-refractivity contribution in [2.75, 3.05) is 10.6 Å². The van der Waals surface area contributed by atoms with E-state index >= 15 is 0 Å². The molecular weight excluding hydrogens is 428 g/mol. The molecule has 0 saturated heterocycles. The first-order valence-electron chi connectivity index (χ1n) is 12.7. The number of nitrogens with one attached hydrogen (secondary N) is 2. The first-order valence-corrected chi connectivity index (χ1v) is 12.7. The summed E-state index contributed by atoms with van der Waals surface area (Å²) >= 11 is 0. The Labute approximate surface area is 206 Å². The fourth-order valence-corrected chi connectivity index (χ4v) is 5.26. The van der Waals surface area contributed by atoms with Crippen molar-refractivity contribution in [3.8, 4) is 0 Å². The van der Waals surface area contributed by atoms with Gasteiger partial charge in [0.15, 0.2) is 12.4 Å². The first kappa shape index (κ1) is 21.6. The summed E-state index contributed by atoms with van der Waals surface area (Å²) in [6.45, 7) is 3.68. The topological polar surface area (TPSA) is 31.8 Å². The summed E-state index contributed by atoms with van der Waals surface area (Å²) < 4.78 is 4.81. The van der Waals surface area contributed by atoms with Gasteiger partial charge in [-0.05, 0) is 29.7 Å². The number of rotatable bonds is 0. The molecule has 2 aromatic heterocycles. The van der Waals surface area contributed by atoms with Crippen LogP contribution in [0.5, 0.6) is 0 Å². The molecule has 0 aliphatic carbocycles. The highest BCUT2D eigenvalue weighted by atomic mass is 15.0. The van der Waals surface area contributed by atoms with E-state index in [0.29, 0.717) is 0 Å². The molecule has 6 bridgehead atoms. The maximum atomic E-state index is 3.69. The lowest BCUT2D eigenvalue weighted by atomic mass is 10.1. The molecule has 3 aromatic carbocycles. The lowest BCUT2D eigenvalue weighted by Gasteiger charge is -2.13. The van der Waals surface area contributed by atoms with Crippen molar-refractivity contribution in [1.82, 2.24) is 0 Å². The summed E-state index contributed by atoms with van der Waals surface area (Å²) in [5, 5.41) is 9.95. The second-order valence-corrected chi connectivity index (χ2v) is 9.47. The molecule has 0 unspecified atom stereocenters. The van der Waals surface area contributed by atoms with Crippen molar-refractivity contribution >= 4 is 33.2 Å².